The molecule has 0 saturated heterocycles. The number of esters is 1. The molecule has 1 heterocycles. The summed E-state index contributed by atoms with van der Waals surface area (Å²) in [6.45, 7) is 8.69. The number of carbonyl (C=O) groups is 1. The first-order chi connectivity index (χ1) is 7.99. The van der Waals surface area contributed by atoms with Crippen molar-refractivity contribution in [2.75, 3.05) is 0 Å². The molecule has 0 aromatic carbocycles. The highest BCUT2D eigenvalue weighted by Crippen LogP contribution is 2.00. The first-order valence-corrected chi connectivity index (χ1v) is 5.92. The standard InChI is InChI=1S/C12H21N3O2/c1-9(2)14-7-11-13-5-6-15(11)8-12(16)17-10(3)4/h5-6,9-10,14H,7-8H2,1-4H3. The van der Waals surface area contributed by atoms with Crippen molar-refractivity contribution in [2.24, 2.45) is 0 Å². The molecule has 0 amide bonds. The minimum atomic E-state index is -0.233. The zero-order chi connectivity index (χ0) is 12.8. The third-order valence-electron chi connectivity index (χ3n) is 2.14. The third-order valence-corrected chi connectivity index (χ3v) is 2.14. The van der Waals surface area contributed by atoms with E-state index in [1.165, 1.54) is 0 Å². The van der Waals surface area contributed by atoms with Crippen LogP contribution in [0.1, 0.15) is 33.5 Å². The summed E-state index contributed by atoms with van der Waals surface area (Å²) in [5, 5.41) is 3.27. The maximum Gasteiger partial charge on any atom is 0.326 e. The SMILES string of the molecule is CC(C)NCc1nccn1CC(=O)OC(C)C. The van der Waals surface area contributed by atoms with E-state index in [-0.39, 0.29) is 18.6 Å². The molecule has 0 radical (unpaired) electrons. The molecule has 0 spiro atoms. The van der Waals surface area contributed by atoms with Gasteiger partial charge >= 0.3 is 5.97 Å². The molecule has 0 aliphatic carbocycles. The Hall–Kier alpha value is -1.36. The van der Waals surface area contributed by atoms with E-state index in [1.807, 2.05) is 13.8 Å². The van der Waals surface area contributed by atoms with Gasteiger partial charge in [0.1, 0.15) is 12.4 Å². The van der Waals surface area contributed by atoms with Gasteiger partial charge in [-0.25, -0.2) is 4.98 Å². The van der Waals surface area contributed by atoms with E-state index in [2.05, 4.69) is 24.1 Å². The van der Waals surface area contributed by atoms with Crippen LogP contribution in [0, 0.1) is 0 Å². The average Bonchev–Trinajstić information content (AvgIpc) is 2.60. The van der Waals surface area contributed by atoms with Gasteiger partial charge in [-0.1, -0.05) is 13.8 Å². The number of nitrogens with zero attached hydrogens (tertiary/aromatic N) is 2. The molecular formula is C12H21N3O2. The second kappa shape index (κ2) is 6.39. The first-order valence-electron chi connectivity index (χ1n) is 5.92. The number of rotatable bonds is 6. The molecule has 0 fully saturated rings. The summed E-state index contributed by atoms with van der Waals surface area (Å²) < 4.78 is 6.90. The normalized spacial score (nSPS) is 11.2. The number of hydrogen-bond donors (Lipinski definition) is 1. The minimum absolute atomic E-state index is 0.0803. The lowest BCUT2D eigenvalue weighted by Crippen LogP contribution is -2.25. The summed E-state index contributed by atoms with van der Waals surface area (Å²) in [5.41, 5.74) is 0. The van der Waals surface area contributed by atoms with Crippen LogP contribution in [0.15, 0.2) is 12.4 Å². The monoisotopic (exact) mass is 239 g/mol. The molecule has 0 aliphatic heterocycles. The van der Waals surface area contributed by atoms with Crippen molar-refractivity contribution in [1.29, 1.82) is 0 Å². The quantitative estimate of drug-likeness (QED) is 0.761. The van der Waals surface area contributed by atoms with Crippen LogP contribution in [0.2, 0.25) is 0 Å². The molecule has 1 N–H and O–H groups in total. The van der Waals surface area contributed by atoms with Gasteiger partial charge in [0.05, 0.1) is 12.6 Å². The Bertz CT molecular complexity index is 358. The van der Waals surface area contributed by atoms with E-state index in [4.69, 9.17) is 4.74 Å². The molecule has 0 saturated carbocycles. The third kappa shape index (κ3) is 4.99. The fourth-order valence-corrected chi connectivity index (χ4v) is 1.39. The van der Waals surface area contributed by atoms with Gasteiger partial charge in [-0.3, -0.25) is 4.79 Å². The van der Waals surface area contributed by atoms with Crippen molar-refractivity contribution in [3.8, 4) is 0 Å². The van der Waals surface area contributed by atoms with Gasteiger partial charge in [0, 0.05) is 18.4 Å². The maximum absolute atomic E-state index is 11.5. The molecule has 1 aromatic rings. The van der Waals surface area contributed by atoms with Crippen LogP contribution in [0.4, 0.5) is 0 Å². The molecule has 0 atom stereocenters. The van der Waals surface area contributed by atoms with Crippen molar-refractivity contribution in [1.82, 2.24) is 14.9 Å². The molecule has 17 heavy (non-hydrogen) atoms. The lowest BCUT2D eigenvalue weighted by Gasteiger charge is -2.12. The Morgan fingerprint density at radius 1 is 1.47 bits per heavy atom. The highest BCUT2D eigenvalue weighted by Gasteiger charge is 2.10. The lowest BCUT2D eigenvalue weighted by molar-refractivity contribution is -0.148. The Morgan fingerprint density at radius 2 is 2.18 bits per heavy atom. The Morgan fingerprint density at radius 3 is 2.76 bits per heavy atom. The van der Waals surface area contributed by atoms with Crippen LogP contribution < -0.4 is 5.32 Å². The summed E-state index contributed by atoms with van der Waals surface area (Å²) in [7, 11) is 0. The predicted molar refractivity (Wildman–Crippen MR) is 65.4 cm³/mol. The van der Waals surface area contributed by atoms with Crippen LogP contribution in [0.5, 0.6) is 0 Å². The molecule has 1 aromatic heterocycles. The van der Waals surface area contributed by atoms with Crippen LogP contribution in [0.3, 0.4) is 0 Å². The largest absolute Gasteiger partial charge is 0.462 e. The molecule has 0 bridgehead atoms. The zero-order valence-electron chi connectivity index (χ0n) is 10.9. The van der Waals surface area contributed by atoms with E-state index in [9.17, 15) is 4.79 Å². The van der Waals surface area contributed by atoms with Crippen molar-refractivity contribution in [3.63, 3.8) is 0 Å². The zero-order valence-corrected chi connectivity index (χ0v) is 10.9. The van der Waals surface area contributed by atoms with Crippen LogP contribution in [0.25, 0.3) is 0 Å². The number of carbonyl (C=O) groups excluding carboxylic acids is 1. The smallest absolute Gasteiger partial charge is 0.326 e. The summed E-state index contributed by atoms with van der Waals surface area (Å²) >= 11 is 0. The Balaban J connectivity index is 2.53. The van der Waals surface area contributed by atoms with Gasteiger partial charge in [-0.15, -0.1) is 0 Å². The van der Waals surface area contributed by atoms with Crippen molar-refractivity contribution < 1.29 is 9.53 Å². The van der Waals surface area contributed by atoms with Crippen LogP contribution in [-0.4, -0.2) is 27.7 Å². The molecule has 0 aliphatic rings. The minimum Gasteiger partial charge on any atom is -0.462 e. The molecule has 5 heteroatoms. The topological polar surface area (TPSA) is 56.2 Å². The summed E-state index contributed by atoms with van der Waals surface area (Å²) in [6.07, 6.45) is 3.40. The van der Waals surface area contributed by atoms with Gasteiger partial charge < -0.3 is 14.6 Å². The summed E-state index contributed by atoms with van der Waals surface area (Å²) in [4.78, 5) is 15.7. The number of nitrogens with one attached hydrogen (secondary N) is 1. The predicted octanol–water partition coefficient (Wildman–Crippen LogP) is 1.33. The van der Waals surface area contributed by atoms with Crippen LogP contribution >= 0.6 is 0 Å². The summed E-state index contributed by atoms with van der Waals surface area (Å²) in [6, 6.07) is 0.391. The molecule has 96 valence electrons. The fraction of sp³-hybridized carbons (Fsp3) is 0.667. The fourth-order valence-electron chi connectivity index (χ4n) is 1.39. The molecular weight excluding hydrogens is 218 g/mol. The number of aromatic nitrogens is 2. The molecule has 5 nitrogen and oxygen atoms in total. The second-order valence-electron chi connectivity index (χ2n) is 4.55. The van der Waals surface area contributed by atoms with E-state index < -0.39 is 0 Å². The van der Waals surface area contributed by atoms with Gasteiger partial charge in [-0.05, 0) is 13.8 Å². The Labute approximate surface area is 102 Å². The average molecular weight is 239 g/mol. The lowest BCUT2D eigenvalue weighted by atomic mass is 10.4. The van der Waals surface area contributed by atoms with E-state index in [1.54, 1.807) is 17.0 Å². The van der Waals surface area contributed by atoms with E-state index in [0.717, 1.165) is 5.82 Å². The molecule has 0 unspecified atom stereocenters. The van der Waals surface area contributed by atoms with Gasteiger partial charge in [0.15, 0.2) is 0 Å². The number of imidazole rings is 1. The van der Waals surface area contributed by atoms with Gasteiger partial charge in [-0.2, -0.15) is 0 Å². The Kier molecular flexibility index (Phi) is 5.15. The first kappa shape index (κ1) is 13.7. The highest BCUT2D eigenvalue weighted by molar-refractivity contribution is 5.69. The van der Waals surface area contributed by atoms with Gasteiger partial charge in [0.25, 0.3) is 0 Å². The molecule has 1 rings (SSSR count). The van der Waals surface area contributed by atoms with Crippen molar-refractivity contribution >= 4 is 5.97 Å². The maximum atomic E-state index is 11.5. The number of ether oxygens (including phenoxy) is 1. The van der Waals surface area contributed by atoms with Crippen LogP contribution in [-0.2, 0) is 22.6 Å². The van der Waals surface area contributed by atoms with Gasteiger partial charge in [0.2, 0.25) is 0 Å². The van der Waals surface area contributed by atoms with E-state index in [0.29, 0.717) is 12.6 Å². The highest BCUT2D eigenvalue weighted by atomic mass is 16.5. The second-order valence-corrected chi connectivity index (χ2v) is 4.55. The van der Waals surface area contributed by atoms with Crippen molar-refractivity contribution in [3.05, 3.63) is 18.2 Å². The van der Waals surface area contributed by atoms with Crippen molar-refractivity contribution in [2.45, 2.75) is 52.9 Å². The number of hydrogen-bond acceptors (Lipinski definition) is 4. The van der Waals surface area contributed by atoms with E-state index >= 15 is 0 Å². The summed E-state index contributed by atoms with van der Waals surface area (Å²) in [5.74, 6) is 0.614.